The summed E-state index contributed by atoms with van der Waals surface area (Å²) in [5.41, 5.74) is 1.62. The van der Waals surface area contributed by atoms with Gasteiger partial charge in [0.15, 0.2) is 5.78 Å². The first kappa shape index (κ1) is 26.3. The Bertz CT molecular complexity index is 1010. The van der Waals surface area contributed by atoms with Crippen molar-refractivity contribution >= 4 is 17.6 Å². The Morgan fingerprint density at radius 1 is 1.11 bits per heavy atom. The molecule has 1 aliphatic carbocycles. The van der Waals surface area contributed by atoms with Crippen molar-refractivity contribution in [1.82, 2.24) is 15.1 Å². The zero-order valence-corrected chi connectivity index (χ0v) is 22.6. The predicted molar refractivity (Wildman–Crippen MR) is 139 cm³/mol. The van der Waals surface area contributed by atoms with Gasteiger partial charge in [0.25, 0.3) is 5.91 Å². The van der Waals surface area contributed by atoms with Gasteiger partial charge in [-0.2, -0.15) is 0 Å². The highest BCUT2D eigenvalue weighted by atomic mass is 16.5. The van der Waals surface area contributed by atoms with Crippen molar-refractivity contribution in [2.24, 2.45) is 5.41 Å². The van der Waals surface area contributed by atoms with Crippen LogP contribution >= 0.6 is 0 Å². The number of nitrogens with one attached hydrogen (secondary N) is 1. The number of likely N-dealkylation sites (tertiary alicyclic amines) is 2. The summed E-state index contributed by atoms with van der Waals surface area (Å²) in [5, 5.41) is 2.99. The SMILES string of the molecule is CO[C@@H]1CN(C(=O)C(CC(C)(C)C)NC(=O)c2ccc(C3CCN(C4CC4)CC3)cc2)[C@@H]2C(=O)CO[C@@H]21. The fraction of sp³-hybridized carbons (Fsp3) is 0.690. The van der Waals surface area contributed by atoms with Gasteiger partial charge < -0.3 is 24.6 Å². The predicted octanol–water partition coefficient (Wildman–Crippen LogP) is 2.76. The summed E-state index contributed by atoms with van der Waals surface area (Å²) >= 11 is 0. The summed E-state index contributed by atoms with van der Waals surface area (Å²) in [6.45, 7) is 8.70. The lowest BCUT2D eigenvalue weighted by Gasteiger charge is -2.32. The fourth-order valence-corrected chi connectivity index (χ4v) is 6.25. The van der Waals surface area contributed by atoms with Crippen LogP contribution in [0.4, 0.5) is 0 Å². The molecule has 8 nitrogen and oxygen atoms in total. The fourth-order valence-electron chi connectivity index (χ4n) is 6.25. The summed E-state index contributed by atoms with van der Waals surface area (Å²) in [5.74, 6) is -0.107. The monoisotopic (exact) mass is 511 g/mol. The van der Waals surface area contributed by atoms with Crippen molar-refractivity contribution in [3.05, 3.63) is 35.4 Å². The van der Waals surface area contributed by atoms with Crippen LogP contribution in [-0.2, 0) is 19.1 Å². The first-order valence-corrected chi connectivity index (χ1v) is 13.8. The van der Waals surface area contributed by atoms with E-state index >= 15 is 0 Å². The summed E-state index contributed by atoms with van der Waals surface area (Å²) in [6, 6.07) is 7.30. The highest BCUT2D eigenvalue weighted by molar-refractivity contribution is 5.99. The Hall–Kier alpha value is -2.29. The van der Waals surface area contributed by atoms with Gasteiger partial charge in [0, 0.05) is 18.7 Å². The first-order chi connectivity index (χ1) is 17.6. The van der Waals surface area contributed by atoms with Gasteiger partial charge in [-0.05, 0) is 74.2 Å². The van der Waals surface area contributed by atoms with Gasteiger partial charge in [0.2, 0.25) is 5.91 Å². The Kier molecular flexibility index (Phi) is 7.44. The van der Waals surface area contributed by atoms with Gasteiger partial charge in [-0.25, -0.2) is 0 Å². The summed E-state index contributed by atoms with van der Waals surface area (Å²) in [6.07, 6.45) is 4.67. The molecule has 4 aliphatic rings. The number of carbonyl (C=O) groups excluding carboxylic acids is 3. The van der Waals surface area contributed by atoms with E-state index < -0.39 is 18.2 Å². The molecule has 2 amide bonds. The van der Waals surface area contributed by atoms with Gasteiger partial charge in [-0.15, -0.1) is 0 Å². The minimum Gasteiger partial charge on any atom is -0.377 e. The van der Waals surface area contributed by atoms with E-state index in [1.54, 1.807) is 12.0 Å². The van der Waals surface area contributed by atoms with Crippen molar-refractivity contribution in [1.29, 1.82) is 0 Å². The molecule has 8 heteroatoms. The summed E-state index contributed by atoms with van der Waals surface area (Å²) in [7, 11) is 1.57. The van der Waals surface area contributed by atoms with Crippen LogP contribution in [0.15, 0.2) is 24.3 Å². The zero-order valence-electron chi connectivity index (χ0n) is 22.6. The third kappa shape index (κ3) is 5.76. The molecule has 3 saturated heterocycles. The number of piperidine rings is 1. The molecule has 4 fully saturated rings. The normalized spacial score (nSPS) is 27.8. The number of hydrogen-bond donors (Lipinski definition) is 1. The van der Waals surface area contributed by atoms with Gasteiger partial charge in [0.1, 0.15) is 30.9 Å². The van der Waals surface area contributed by atoms with Gasteiger partial charge >= 0.3 is 0 Å². The zero-order chi connectivity index (χ0) is 26.3. The van der Waals surface area contributed by atoms with Crippen LogP contribution in [0, 0.1) is 5.41 Å². The number of benzene rings is 1. The van der Waals surface area contributed by atoms with Crippen LogP contribution in [0.5, 0.6) is 0 Å². The molecule has 3 aliphatic heterocycles. The molecule has 1 aromatic carbocycles. The quantitative estimate of drug-likeness (QED) is 0.606. The maximum absolute atomic E-state index is 13.7. The lowest BCUT2D eigenvalue weighted by Crippen LogP contribution is -2.53. The molecule has 4 atom stereocenters. The van der Waals surface area contributed by atoms with Gasteiger partial charge in [-0.1, -0.05) is 32.9 Å². The lowest BCUT2D eigenvalue weighted by molar-refractivity contribution is -0.138. The Morgan fingerprint density at radius 2 is 1.78 bits per heavy atom. The molecule has 3 heterocycles. The summed E-state index contributed by atoms with van der Waals surface area (Å²) < 4.78 is 11.1. The average Bonchev–Trinajstić information content (AvgIpc) is 3.56. The van der Waals surface area contributed by atoms with E-state index in [9.17, 15) is 14.4 Å². The number of carbonyl (C=O) groups is 3. The van der Waals surface area contributed by atoms with E-state index in [2.05, 4.69) is 22.3 Å². The second-order valence-corrected chi connectivity index (χ2v) is 12.4. The Balaban J connectivity index is 1.26. The van der Waals surface area contributed by atoms with Gasteiger partial charge in [-0.3, -0.25) is 14.4 Å². The maximum Gasteiger partial charge on any atom is 0.251 e. The molecule has 1 aromatic rings. The van der Waals surface area contributed by atoms with Crippen molar-refractivity contribution in [3.8, 4) is 0 Å². The highest BCUT2D eigenvalue weighted by Gasteiger charge is 2.53. The smallest absolute Gasteiger partial charge is 0.251 e. The Labute approximate surface area is 220 Å². The number of methoxy groups -OCH3 is 1. The van der Waals surface area contributed by atoms with Crippen molar-refractivity contribution in [2.45, 2.75) is 89.1 Å². The van der Waals surface area contributed by atoms with E-state index in [0.717, 1.165) is 32.0 Å². The molecule has 37 heavy (non-hydrogen) atoms. The van der Waals surface area contributed by atoms with Crippen LogP contribution in [0.25, 0.3) is 0 Å². The molecular formula is C29H41N3O5. The van der Waals surface area contributed by atoms with Crippen LogP contribution in [-0.4, -0.2) is 91.1 Å². The molecule has 202 valence electrons. The minimum atomic E-state index is -0.747. The second-order valence-electron chi connectivity index (χ2n) is 12.4. The van der Waals surface area contributed by atoms with E-state index in [1.807, 2.05) is 32.9 Å². The van der Waals surface area contributed by atoms with Crippen molar-refractivity contribution < 1.29 is 23.9 Å². The first-order valence-electron chi connectivity index (χ1n) is 13.8. The largest absolute Gasteiger partial charge is 0.377 e. The molecular weight excluding hydrogens is 470 g/mol. The number of ketones is 1. The third-order valence-electron chi connectivity index (χ3n) is 8.38. The average molecular weight is 512 g/mol. The van der Waals surface area contributed by atoms with Crippen LogP contribution < -0.4 is 5.32 Å². The number of ether oxygens (including phenoxy) is 2. The number of fused-ring (bicyclic) bond motifs is 1. The molecule has 0 aromatic heterocycles. The lowest BCUT2D eigenvalue weighted by atomic mass is 9.87. The number of rotatable bonds is 7. The van der Waals surface area contributed by atoms with E-state index in [-0.39, 0.29) is 42.3 Å². The standard InChI is InChI=1S/C29H41N3O5/c1-29(2,3)15-22(28(35)32-16-24(36-4)26-25(32)23(33)17-37-26)30-27(34)20-7-5-18(6-8-20)19-11-13-31(14-12-19)21-9-10-21/h5-8,19,21-22,24-26H,9-17H2,1-4H3,(H,30,34)/t22?,24-,25-,26-/m1/s1. The molecule has 0 bridgehead atoms. The Morgan fingerprint density at radius 3 is 2.38 bits per heavy atom. The third-order valence-corrected chi connectivity index (χ3v) is 8.38. The number of Topliss-reactive ketones (excluding diaryl/α,β-unsaturated/α-hetero) is 1. The topological polar surface area (TPSA) is 88.2 Å². The molecule has 1 N–H and O–H groups in total. The number of amides is 2. The molecule has 1 saturated carbocycles. The summed E-state index contributed by atoms with van der Waals surface area (Å²) in [4.78, 5) is 43.7. The maximum atomic E-state index is 13.7. The van der Waals surface area contributed by atoms with Crippen molar-refractivity contribution in [2.75, 3.05) is 33.4 Å². The highest BCUT2D eigenvalue weighted by Crippen LogP contribution is 2.35. The second kappa shape index (κ2) is 10.5. The van der Waals surface area contributed by atoms with E-state index in [1.165, 1.54) is 18.4 Å². The van der Waals surface area contributed by atoms with Crippen LogP contribution in [0.1, 0.15) is 74.7 Å². The minimum absolute atomic E-state index is 0.0127. The van der Waals surface area contributed by atoms with E-state index in [4.69, 9.17) is 9.47 Å². The van der Waals surface area contributed by atoms with Crippen LogP contribution in [0.2, 0.25) is 0 Å². The number of hydrogen-bond acceptors (Lipinski definition) is 6. The van der Waals surface area contributed by atoms with Crippen LogP contribution in [0.3, 0.4) is 0 Å². The molecule has 1 unspecified atom stereocenters. The van der Waals surface area contributed by atoms with E-state index in [0.29, 0.717) is 17.9 Å². The molecule has 5 rings (SSSR count). The van der Waals surface area contributed by atoms with Gasteiger partial charge in [0.05, 0.1) is 6.54 Å². The number of nitrogens with zero attached hydrogens (tertiary/aromatic N) is 2. The van der Waals surface area contributed by atoms with Crippen molar-refractivity contribution in [3.63, 3.8) is 0 Å². The molecule has 0 radical (unpaired) electrons. The molecule has 0 spiro atoms.